The summed E-state index contributed by atoms with van der Waals surface area (Å²) >= 11 is 0. The SMILES string of the molecule is NNC(Cc1ccccn1)c1ccccc1. The average molecular weight is 213 g/mol. The monoisotopic (exact) mass is 213 g/mol. The number of rotatable bonds is 4. The Morgan fingerprint density at radius 3 is 2.44 bits per heavy atom. The first-order chi connectivity index (χ1) is 7.90. The normalized spacial score (nSPS) is 12.3. The maximum absolute atomic E-state index is 5.57. The summed E-state index contributed by atoms with van der Waals surface area (Å²) in [5, 5.41) is 0. The average Bonchev–Trinajstić information content (AvgIpc) is 2.38. The van der Waals surface area contributed by atoms with Gasteiger partial charge in [-0.05, 0) is 17.7 Å². The lowest BCUT2D eigenvalue weighted by Gasteiger charge is -2.15. The molecule has 0 saturated carbocycles. The van der Waals surface area contributed by atoms with E-state index in [2.05, 4.69) is 22.5 Å². The van der Waals surface area contributed by atoms with Gasteiger partial charge in [0.15, 0.2) is 0 Å². The van der Waals surface area contributed by atoms with E-state index in [0.717, 1.165) is 12.1 Å². The lowest BCUT2D eigenvalue weighted by Crippen LogP contribution is -2.29. The molecule has 0 aliphatic rings. The Bertz CT molecular complexity index is 414. The molecule has 2 rings (SSSR count). The molecule has 3 N–H and O–H groups in total. The fraction of sp³-hybridized carbons (Fsp3) is 0.154. The Balaban J connectivity index is 2.13. The zero-order valence-corrected chi connectivity index (χ0v) is 9.01. The van der Waals surface area contributed by atoms with Crippen LogP contribution in [0.3, 0.4) is 0 Å². The van der Waals surface area contributed by atoms with Crippen molar-refractivity contribution in [2.24, 2.45) is 5.84 Å². The summed E-state index contributed by atoms with van der Waals surface area (Å²) < 4.78 is 0. The molecule has 1 atom stereocenters. The lowest BCUT2D eigenvalue weighted by molar-refractivity contribution is 0.546. The van der Waals surface area contributed by atoms with Crippen molar-refractivity contribution in [2.45, 2.75) is 12.5 Å². The highest BCUT2D eigenvalue weighted by molar-refractivity contribution is 5.20. The second-order valence-electron chi connectivity index (χ2n) is 3.66. The van der Waals surface area contributed by atoms with Gasteiger partial charge in [0.05, 0.1) is 6.04 Å². The number of aromatic nitrogens is 1. The zero-order valence-electron chi connectivity index (χ0n) is 9.01. The zero-order chi connectivity index (χ0) is 11.2. The van der Waals surface area contributed by atoms with Gasteiger partial charge in [0, 0.05) is 18.3 Å². The number of hydrogen-bond acceptors (Lipinski definition) is 3. The molecule has 0 aliphatic heterocycles. The number of hydrogen-bond donors (Lipinski definition) is 2. The maximum Gasteiger partial charge on any atom is 0.0515 e. The Hall–Kier alpha value is -1.71. The first kappa shape index (κ1) is 10.8. The number of nitrogens with two attached hydrogens (primary N) is 1. The number of benzene rings is 1. The third-order valence-electron chi connectivity index (χ3n) is 2.54. The van der Waals surface area contributed by atoms with E-state index in [4.69, 9.17) is 5.84 Å². The summed E-state index contributed by atoms with van der Waals surface area (Å²) in [4.78, 5) is 4.30. The van der Waals surface area contributed by atoms with E-state index in [-0.39, 0.29) is 6.04 Å². The third-order valence-corrected chi connectivity index (χ3v) is 2.54. The molecular formula is C13H15N3. The van der Waals surface area contributed by atoms with Crippen molar-refractivity contribution in [1.29, 1.82) is 0 Å². The quantitative estimate of drug-likeness (QED) is 0.601. The summed E-state index contributed by atoms with van der Waals surface area (Å²) in [6, 6.07) is 16.2. The van der Waals surface area contributed by atoms with Crippen molar-refractivity contribution in [3.05, 3.63) is 66.0 Å². The van der Waals surface area contributed by atoms with Crippen LogP contribution in [0.25, 0.3) is 0 Å². The molecule has 0 aliphatic carbocycles. The molecule has 16 heavy (non-hydrogen) atoms. The Morgan fingerprint density at radius 1 is 1.06 bits per heavy atom. The fourth-order valence-electron chi connectivity index (χ4n) is 1.69. The van der Waals surface area contributed by atoms with Crippen LogP contribution in [-0.2, 0) is 6.42 Å². The molecule has 0 bridgehead atoms. The molecule has 3 heteroatoms. The predicted molar refractivity (Wildman–Crippen MR) is 64.4 cm³/mol. The molecule has 1 aromatic carbocycles. The summed E-state index contributed by atoms with van der Waals surface area (Å²) in [5.41, 5.74) is 5.04. The fourth-order valence-corrected chi connectivity index (χ4v) is 1.69. The van der Waals surface area contributed by atoms with E-state index in [9.17, 15) is 0 Å². The van der Waals surface area contributed by atoms with Crippen LogP contribution in [-0.4, -0.2) is 4.98 Å². The summed E-state index contributed by atoms with van der Waals surface area (Å²) in [5.74, 6) is 5.57. The molecular weight excluding hydrogens is 198 g/mol. The number of nitrogens with zero attached hydrogens (tertiary/aromatic N) is 1. The smallest absolute Gasteiger partial charge is 0.0515 e. The Morgan fingerprint density at radius 2 is 1.81 bits per heavy atom. The van der Waals surface area contributed by atoms with Crippen molar-refractivity contribution in [2.75, 3.05) is 0 Å². The van der Waals surface area contributed by atoms with Gasteiger partial charge in [-0.3, -0.25) is 16.3 Å². The van der Waals surface area contributed by atoms with Crippen molar-refractivity contribution < 1.29 is 0 Å². The molecule has 3 nitrogen and oxygen atoms in total. The molecule has 0 spiro atoms. The number of hydrazine groups is 1. The van der Waals surface area contributed by atoms with Crippen LogP contribution in [0.5, 0.6) is 0 Å². The van der Waals surface area contributed by atoms with Gasteiger partial charge in [-0.1, -0.05) is 36.4 Å². The molecule has 1 heterocycles. The molecule has 1 unspecified atom stereocenters. The molecule has 2 aromatic rings. The van der Waals surface area contributed by atoms with E-state index >= 15 is 0 Å². The summed E-state index contributed by atoms with van der Waals surface area (Å²) in [6.07, 6.45) is 2.59. The maximum atomic E-state index is 5.57. The molecule has 0 amide bonds. The third kappa shape index (κ3) is 2.66. The Labute approximate surface area is 95.3 Å². The summed E-state index contributed by atoms with van der Waals surface area (Å²) in [6.45, 7) is 0. The van der Waals surface area contributed by atoms with Gasteiger partial charge in [0.25, 0.3) is 0 Å². The second-order valence-corrected chi connectivity index (χ2v) is 3.66. The number of nitrogens with one attached hydrogen (secondary N) is 1. The minimum atomic E-state index is 0.107. The topological polar surface area (TPSA) is 50.9 Å². The number of pyridine rings is 1. The van der Waals surface area contributed by atoms with E-state index in [1.54, 1.807) is 6.20 Å². The van der Waals surface area contributed by atoms with Crippen LogP contribution in [0.2, 0.25) is 0 Å². The highest BCUT2D eigenvalue weighted by Gasteiger charge is 2.10. The first-order valence-corrected chi connectivity index (χ1v) is 5.31. The van der Waals surface area contributed by atoms with Crippen molar-refractivity contribution in [1.82, 2.24) is 10.4 Å². The lowest BCUT2D eigenvalue weighted by atomic mass is 10.0. The van der Waals surface area contributed by atoms with Crippen LogP contribution >= 0.6 is 0 Å². The first-order valence-electron chi connectivity index (χ1n) is 5.31. The van der Waals surface area contributed by atoms with Gasteiger partial charge >= 0.3 is 0 Å². The molecule has 82 valence electrons. The van der Waals surface area contributed by atoms with Gasteiger partial charge in [-0.2, -0.15) is 0 Å². The van der Waals surface area contributed by atoms with Gasteiger partial charge in [0.1, 0.15) is 0 Å². The predicted octanol–water partition coefficient (Wildman–Crippen LogP) is 1.83. The molecule has 0 fully saturated rings. The van der Waals surface area contributed by atoms with Crippen LogP contribution in [0.4, 0.5) is 0 Å². The van der Waals surface area contributed by atoms with Crippen LogP contribution in [0, 0.1) is 0 Å². The molecule has 1 aromatic heterocycles. The highest BCUT2D eigenvalue weighted by Crippen LogP contribution is 2.15. The minimum Gasteiger partial charge on any atom is -0.271 e. The van der Waals surface area contributed by atoms with E-state index < -0.39 is 0 Å². The van der Waals surface area contributed by atoms with Crippen LogP contribution < -0.4 is 11.3 Å². The Kier molecular flexibility index (Phi) is 3.64. The van der Waals surface area contributed by atoms with Gasteiger partial charge in [0.2, 0.25) is 0 Å². The van der Waals surface area contributed by atoms with Crippen LogP contribution in [0.15, 0.2) is 54.7 Å². The van der Waals surface area contributed by atoms with Gasteiger partial charge in [-0.25, -0.2) is 0 Å². The minimum absolute atomic E-state index is 0.107. The molecule has 0 saturated heterocycles. The van der Waals surface area contributed by atoms with Crippen molar-refractivity contribution >= 4 is 0 Å². The van der Waals surface area contributed by atoms with Crippen molar-refractivity contribution in [3.63, 3.8) is 0 Å². The molecule has 0 radical (unpaired) electrons. The summed E-state index contributed by atoms with van der Waals surface area (Å²) in [7, 11) is 0. The van der Waals surface area contributed by atoms with E-state index in [0.29, 0.717) is 0 Å². The van der Waals surface area contributed by atoms with E-state index in [1.807, 2.05) is 36.4 Å². The van der Waals surface area contributed by atoms with Gasteiger partial charge < -0.3 is 0 Å². The van der Waals surface area contributed by atoms with E-state index in [1.165, 1.54) is 5.56 Å². The highest BCUT2D eigenvalue weighted by atomic mass is 15.2. The largest absolute Gasteiger partial charge is 0.271 e. The van der Waals surface area contributed by atoms with Crippen LogP contribution in [0.1, 0.15) is 17.3 Å². The van der Waals surface area contributed by atoms with Gasteiger partial charge in [-0.15, -0.1) is 0 Å². The second kappa shape index (κ2) is 5.39. The standard InChI is InChI=1S/C13H15N3/c14-16-13(11-6-2-1-3-7-11)10-12-8-4-5-9-15-12/h1-9,13,16H,10,14H2. The van der Waals surface area contributed by atoms with Crippen molar-refractivity contribution in [3.8, 4) is 0 Å².